The molecule has 0 saturated carbocycles. The summed E-state index contributed by atoms with van der Waals surface area (Å²) in [5.74, 6) is 1.28. The Morgan fingerprint density at radius 2 is 2.27 bits per heavy atom. The second-order valence-electron chi connectivity index (χ2n) is 4.65. The molecule has 2 heterocycles. The molecule has 0 atom stereocenters. The van der Waals surface area contributed by atoms with Crippen LogP contribution in [0.5, 0.6) is 5.75 Å². The van der Waals surface area contributed by atoms with Crippen LogP contribution in [0.3, 0.4) is 0 Å². The molecule has 4 nitrogen and oxygen atoms in total. The maximum Gasteiger partial charge on any atom is 0.132 e. The molecule has 108 valence electrons. The van der Waals surface area contributed by atoms with Crippen LogP contribution in [0.1, 0.15) is 5.56 Å². The Kier molecular flexibility index (Phi) is 3.77. The standard InChI is InChI=1S/C17H13N3OS/c1-21-13-6-2-4-11(8-13)14-10-22-16-12(5-3-7-18)9-20-17(19)15(14)16/h2-6,8-10H,1H3,(H2,19,20)/b5-3+. The molecule has 0 aliphatic rings. The molecule has 2 aromatic heterocycles. The van der Waals surface area contributed by atoms with E-state index in [1.54, 1.807) is 30.7 Å². The van der Waals surface area contributed by atoms with Crippen LogP contribution < -0.4 is 10.5 Å². The number of nitrogens with zero attached hydrogens (tertiary/aromatic N) is 2. The zero-order valence-corrected chi connectivity index (χ0v) is 12.7. The molecule has 3 aromatic rings. The predicted octanol–water partition coefficient (Wildman–Crippen LogP) is 4.09. The third kappa shape index (κ3) is 2.41. The molecule has 0 fully saturated rings. The molecule has 1 aromatic carbocycles. The smallest absolute Gasteiger partial charge is 0.132 e. The van der Waals surface area contributed by atoms with E-state index in [-0.39, 0.29) is 0 Å². The van der Waals surface area contributed by atoms with E-state index in [4.69, 9.17) is 15.7 Å². The number of anilines is 1. The third-order valence-corrected chi connectivity index (χ3v) is 4.40. The first-order valence-electron chi connectivity index (χ1n) is 6.61. The highest BCUT2D eigenvalue weighted by Gasteiger charge is 2.13. The maximum absolute atomic E-state index is 8.70. The van der Waals surface area contributed by atoms with Gasteiger partial charge in [0.25, 0.3) is 0 Å². The number of hydrogen-bond donors (Lipinski definition) is 1. The van der Waals surface area contributed by atoms with Crippen molar-refractivity contribution in [3.05, 3.63) is 47.5 Å². The Morgan fingerprint density at radius 1 is 1.41 bits per heavy atom. The van der Waals surface area contributed by atoms with Gasteiger partial charge in [-0.3, -0.25) is 0 Å². The van der Waals surface area contributed by atoms with Crippen molar-refractivity contribution >= 4 is 33.3 Å². The van der Waals surface area contributed by atoms with Crippen molar-refractivity contribution in [2.24, 2.45) is 0 Å². The molecule has 0 aliphatic heterocycles. The fourth-order valence-electron chi connectivity index (χ4n) is 2.34. The number of allylic oxidation sites excluding steroid dienone is 1. The topological polar surface area (TPSA) is 71.9 Å². The molecule has 0 spiro atoms. The van der Waals surface area contributed by atoms with Gasteiger partial charge in [0, 0.05) is 33.5 Å². The van der Waals surface area contributed by atoms with E-state index >= 15 is 0 Å². The number of rotatable bonds is 3. The Labute approximate surface area is 132 Å². The Hall–Kier alpha value is -2.84. The molecule has 0 amide bonds. The van der Waals surface area contributed by atoms with Crippen molar-refractivity contribution in [2.75, 3.05) is 12.8 Å². The van der Waals surface area contributed by atoms with Gasteiger partial charge >= 0.3 is 0 Å². The molecule has 0 aliphatic carbocycles. The summed E-state index contributed by atoms with van der Waals surface area (Å²) >= 11 is 1.59. The van der Waals surface area contributed by atoms with Gasteiger partial charge in [-0.1, -0.05) is 12.1 Å². The number of hydrogen-bond acceptors (Lipinski definition) is 5. The van der Waals surface area contributed by atoms with Gasteiger partial charge in [-0.2, -0.15) is 5.26 Å². The van der Waals surface area contributed by atoms with Gasteiger partial charge in [0.05, 0.1) is 13.2 Å². The van der Waals surface area contributed by atoms with Crippen molar-refractivity contribution in [1.82, 2.24) is 4.98 Å². The van der Waals surface area contributed by atoms with Gasteiger partial charge in [0.2, 0.25) is 0 Å². The molecular formula is C17H13N3OS. The number of ether oxygens (including phenoxy) is 1. The summed E-state index contributed by atoms with van der Waals surface area (Å²) in [7, 11) is 1.64. The van der Waals surface area contributed by atoms with Crippen molar-refractivity contribution in [3.63, 3.8) is 0 Å². The van der Waals surface area contributed by atoms with Gasteiger partial charge in [-0.15, -0.1) is 11.3 Å². The van der Waals surface area contributed by atoms with E-state index < -0.39 is 0 Å². The third-order valence-electron chi connectivity index (χ3n) is 3.37. The summed E-state index contributed by atoms with van der Waals surface area (Å²) in [4.78, 5) is 4.25. The number of pyridine rings is 1. The number of nitrogens with two attached hydrogens (primary N) is 1. The van der Waals surface area contributed by atoms with Gasteiger partial charge in [-0.05, 0) is 29.2 Å². The summed E-state index contributed by atoms with van der Waals surface area (Å²) in [6, 6.07) is 9.83. The minimum atomic E-state index is 0.489. The average Bonchev–Trinajstić information content (AvgIpc) is 3.00. The summed E-state index contributed by atoms with van der Waals surface area (Å²) in [6.07, 6.45) is 4.88. The summed E-state index contributed by atoms with van der Waals surface area (Å²) in [5.41, 5.74) is 9.03. The average molecular weight is 307 g/mol. The molecule has 3 rings (SSSR count). The SMILES string of the molecule is COc1cccc(-c2csc3c(/C=C/C#N)cnc(N)c23)c1. The molecule has 2 N–H and O–H groups in total. The molecule has 5 heteroatoms. The van der Waals surface area contributed by atoms with Crippen LogP contribution in [0, 0.1) is 11.3 Å². The summed E-state index contributed by atoms with van der Waals surface area (Å²) < 4.78 is 6.31. The Morgan fingerprint density at radius 3 is 3.05 bits per heavy atom. The summed E-state index contributed by atoms with van der Waals surface area (Å²) in [5, 5.41) is 11.7. The van der Waals surface area contributed by atoms with E-state index in [0.29, 0.717) is 5.82 Å². The first-order chi connectivity index (χ1) is 10.7. The Balaban J connectivity index is 2.23. The highest BCUT2D eigenvalue weighted by Crippen LogP contribution is 2.39. The molecule has 0 unspecified atom stereocenters. The van der Waals surface area contributed by atoms with Gasteiger partial charge in [0.15, 0.2) is 0 Å². The van der Waals surface area contributed by atoms with Gasteiger partial charge in [-0.25, -0.2) is 4.98 Å². The fraction of sp³-hybridized carbons (Fsp3) is 0.0588. The lowest BCUT2D eigenvalue weighted by Gasteiger charge is -2.06. The molecular weight excluding hydrogens is 294 g/mol. The lowest BCUT2D eigenvalue weighted by Crippen LogP contribution is -1.92. The summed E-state index contributed by atoms with van der Waals surface area (Å²) in [6.45, 7) is 0. The van der Waals surface area contributed by atoms with Crippen LogP contribution in [0.15, 0.2) is 41.9 Å². The van der Waals surface area contributed by atoms with Crippen LogP contribution in [0.4, 0.5) is 5.82 Å². The first-order valence-corrected chi connectivity index (χ1v) is 7.49. The number of fused-ring (bicyclic) bond motifs is 1. The van der Waals surface area contributed by atoms with E-state index in [9.17, 15) is 0 Å². The number of methoxy groups -OCH3 is 1. The molecule has 0 radical (unpaired) electrons. The quantitative estimate of drug-likeness (QED) is 0.740. The number of benzene rings is 1. The zero-order chi connectivity index (χ0) is 15.5. The van der Waals surface area contributed by atoms with E-state index in [1.807, 2.05) is 30.3 Å². The highest BCUT2D eigenvalue weighted by atomic mass is 32.1. The van der Waals surface area contributed by atoms with Crippen molar-refractivity contribution in [3.8, 4) is 22.9 Å². The second-order valence-corrected chi connectivity index (χ2v) is 5.53. The van der Waals surface area contributed by atoms with Crippen LogP contribution in [0.25, 0.3) is 27.3 Å². The number of aromatic nitrogens is 1. The minimum Gasteiger partial charge on any atom is -0.497 e. The normalized spacial score (nSPS) is 10.9. The van der Waals surface area contributed by atoms with E-state index in [2.05, 4.69) is 10.4 Å². The predicted molar refractivity (Wildman–Crippen MR) is 90.7 cm³/mol. The lowest BCUT2D eigenvalue weighted by atomic mass is 10.0. The van der Waals surface area contributed by atoms with Crippen LogP contribution in [-0.4, -0.2) is 12.1 Å². The lowest BCUT2D eigenvalue weighted by molar-refractivity contribution is 0.415. The minimum absolute atomic E-state index is 0.489. The number of nitrogen functional groups attached to an aromatic ring is 1. The monoisotopic (exact) mass is 307 g/mol. The van der Waals surface area contributed by atoms with E-state index in [0.717, 1.165) is 32.5 Å². The van der Waals surface area contributed by atoms with Crippen LogP contribution >= 0.6 is 11.3 Å². The van der Waals surface area contributed by atoms with Gasteiger partial charge in [0.1, 0.15) is 11.6 Å². The van der Waals surface area contributed by atoms with Crippen LogP contribution in [0.2, 0.25) is 0 Å². The highest BCUT2D eigenvalue weighted by molar-refractivity contribution is 7.18. The molecule has 0 bridgehead atoms. The molecule has 0 saturated heterocycles. The number of nitriles is 1. The number of thiophene rings is 1. The second kappa shape index (κ2) is 5.88. The largest absolute Gasteiger partial charge is 0.497 e. The fourth-order valence-corrected chi connectivity index (χ4v) is 3.41. The first kappa shape index (κ1) is 14.1. The van der Waals surface area contributed by atoms with Gasteiger partial charge < -0.3 is 10.5 Å². The Bertz CT molecular complexity index is 906. The van der Waals surface area contributed by atoms with Crippen molar-refractivity contribution in [1.29, 1.82) is 5.26 Å². The van der Waals surface area contributed by atoms with Crippen molar-refractivity contribution < 1.29 is 4.74 Å². The van der Waals surface area contributed by atoms with Crippen molar-refractivity contribution in [2.45, 2.75) is 0 Å². The van der Waals surface area contributed by atoms with E-state index in [1.165, 1.54) is 6.08 Å². The maximum atomic E-state index is 8.70. The molecule has 22 heavy (non-hydrogen) atoms. The zero-order valence-electron chi connectivity index (χ0n) is 11.9. The van der Waals surface area contributed by atoms with Crippen LogP contribution in [-0.2, 0) is 0 Å².